The van der Waals surface area contributed by atoms with Crippen LogP contribution in [0.2, 0.25) is 0 Å². The van der Waals surface area contributed by atoms with Gasteiger partial charge < -0.3 is 19.7 Å². The number of esters is 1. The van der Waals surface area contributed by atoms with Gasteiger partial charge in [-0.1, -0.05) is 12.8 Å². The van der Waals surface area contributed by atoms with Crippen LogP contribution in [0.5, 0.6) is 0 Å². The molecule has 3 amide bonds. The maximum atomic E-state index is 12.4. The van der Waals surface area contributed by atoms with E-state index in [4.69, 9.17) is 9.47 Å². The summed E-state index contributed by atoms with van der Waals surface area (Å²) in [7, 11) is 0. The molecule has 0 spiro atoms. The number of morpholine rings is 1. The van der Waals surface area contributed by atoms with Crippen molar-refractivity contribution in [1.82, 2.24) is 4.90 Å². The Labute approximate surface area is 187 Å². The molecular formula is C23H29N3O6. The molecule has 1 aromatic carbocycles. The smallest absolute Gasteiger partial charge is 0.308 e. The fraction of sp³-hybridized carbons (Fsp3) is 0.565. The maximum Gasteiger partial charge on any atom is 0.308 e. The van der Waals surface area contributed by atoms with Gasteiger partial charge in [0.2, 0.25) is 11.8 Å². The van der Waals surface area contributed by atoms with Gasteiger partial charge in [-0.3, -0.25) is 24.1 Å². The molecule has 32 heavy (non-hydrogen) atoms. The van der Waals surface area contributed by atoms with E-state index in [9.17, 15) is 19.2 Å². The second-order valence-corrected chi connectivity index (χ2v) is 8.43. The van der Waals surface area contributed by atoms with E-state index in [-0.39, 0.29) is 36.6 Å². The maximum absolute atomic E-state index is 12.4. The number of carbonyl (C=O) groups is 4. The van der Waals surface area contributed by atoms with E-state index in [2.05, 4.69) is 10.2 Å². The Hall–Kier alpha value is -2.94. The van der Waals surface area contributed by atoms with Crippen molar-refractivity contribution in [3.05, 3.63) is 24.3 Å². The Morgan fingerprint density at radius 1 is 1.00 bits per heavy atom. The largest absolute Gasteiger partial charge is 0.456 e. The van der Waals surface area contributed by atoms with Gasteiger partial charge in [0.1, 0.15) is 0 Å². The van der Waals surface area contributed by atoms with E-state index in [1.54, 1.807) is 12.1 Å². The zero-order valence-electron chi connectivity index (χ0n) is 18.1. The highest BCUT2D eigenvalue weighted by Crippen LogP contribution is 2.37. The van der Waals surface area contributed by atoms with Gasteiger partial charge in [0.15, 0.2) is 6.61 Å². The lowest BCUT2D eigenvalue weighted by Gasteiger charge is -2.28. The van der Waals surface area contributed by atoms with Gasteiger partial charge in [-0.2, -0.15) is 0 Å². The van der Waals surface area contributed by atoms with Crippen LogP contribution in [0.25, 0.3) is 0 Å². The predicted molar refractivity (Wildman–Crippen MR) is 116 cm³/mol. The zero-order valence-corrected chi connectivity index (χ0v) is 18.1. The summed E-state index contributed by atoms with van der Waals surface area (Å²) in [5.74, 6) is -1.87. The van der Waals surface area contributed by atoms with Crippen LogP contribution in [0.3, 0.4) is 0 Å². The molecule has 1 aromatic rings. The first-order chi connectivity index (χ1) is 15.5. The Balaban J connectivity index is 1.18. The van der Waals surface area contributed by atoms with Crippen molar-refractivity contribution in [1.29, 1.82) is 0 Å². The van der Waals surface area contributed by atoms with Gasteiger partial charge in [-0.15, -0.1) is 0 Å². The van der Waals surface area contributed by atoms with Gasteiger partial charge in [-0.25, -0.2) is 0 Å². The molecule has 0 unspecified atom stereocenters. The molecule has 9 heteroatoms. The fourth-order valence-electron chi connectivity index (χ4n) is 4.65. The number of imide groups is 1. The van der Waals surface area contributed by atoms with Crippen LogP contribution in [0.4, 0.5) is 11.4 Å². The summed E-state index contributed by atoms with van der Waals surface area (Å²) in [6, 6.07) is 7.45. The van der Waals surface area contributed by atoms with Crippen molar-refractivity contribution in [2.75, 3.05) is 49.7 Å². The number of hydrogen-bond donors (Lipinski definition) is 1. The number of carbonyl (C=O) groups excluding carboxylic acids is 4. The van der Waals surface area contributed by atoms with Crippen LogP contribution in [0, 0.1) is 11.8 Å². The van der Waals surface area contributed by atoms with E-state index in [1.807, 2.05) is 12.1 Å². The Kier molecular flexibility index (Phi) is 7.04. The monoisotopic (exact) mass is 443 g/mol. The Morgan fingerprint density at radius 3 is 2.25 bits per heavy atom. The number of hydrogen-bond acceptors (Lipinski definition) is 7. The highest BCUT2D eigenvalue weighted by molar-refractivity contribution is 6.05. The van der Waals surface area contributed by atoms with Crippen LogP contribution in [0.1, 0.15) is 32.1 Å². The number of likely N-dealkylation sites (tertiary alicyclic amines) is 1. The lowest BCUT2D eigenvalue weighted by Crippen LogP contribution is -2.36. The van der Waals surface area contributed by atoms with E-state index in [0.717, 1.165) is 44.5 Å². The highest BCUT2D eigenvalue weighted by Gasteiger charge is 2.47. The number of anilines is 2. The van der Waals surface area contributed by atoms with Crippen LogP contribution in [-0.2, 0) is 28.7 Å². The van der Waals surface area contributed by atoms with Gasteiger partial charge in [0, 0.05) is 31.0 Å². The average Bonchev–Trinajstić information content (AvgIpc) is 3.07. The summed E-state index contributed by atoms with van der Waals surface area (Å²) < 4.78 is 10.4. The molecule has 2 heterocycles. The third kappa shape index (κ3) is 5.09. The first kappa shape index (κ1) is 22.3. The molecule has 2 atom stereocenters. The second kappa shape index (κ2) is 10.1. The van der Waals surface area contributed by atoms with Crippen molar-refractivity contribution in [3.8, 4) is 0 Å². The average molecular weight is 444 g/mol. The minimum atomic E-state index is -0.613. The molecule has 9 nitrogen and oxygen atoms in total. The van der Waals surface area contributed by atoms with Gasteiger partial charge in [-0.05, 0) is 37.1 Å². The molecule has 0 aromatic heterocycles. The standard InChI is InChI=1S/C23H29N3O6/c27-20(24-16-5-7-17(8-6-16)25-11-13-31-14-12-25)15-32-21(28)9-10-26-22(29)18-3-1-2-4-19(18)23(26)30/h5-8,18-19H,1-4,9-15H2,(H,24,27)/t18-,19-/m0/s1. The van der Waals surface area contributed by atoms with Gasteiger partial charge in [0.05, 0.1) is 31.5 Å². The van der Waals surface area contributed by atoms with E-state index < -0.39 is 18.5 Å². The Morgan fingerprint density at radius 2 is 1.62 bits per heavy atom. The summed E-state index contributed by atoms with van der Waals surface area (Å²) >= 11 is 0. The highest BCUT2D eigenvalue weighted by atomic mass is 16.5. The van der Waals surface area contributed by atoms with Gasteiger partial charge in [0.25, 0.3) is 5.91 Å². The second-order valence-electron chi connectivity index (χ2n) is 8.43. The zero-order chi connectivity index (χ0) is 22.5. The number of ether oxygens (including phenoxy) is 2. The predicted octanol–water partition coefficient (Wildman–Crippen LogP) is 1.57. The number of amides is 3. The van der Waals surface area contributed by atoms with Crippen molar-refractivity contribution in [3.63, 3.8) is 0 Å². The Bertz CT molecular complexity index is 841. The van der Waals surface area contributed by atoms with Crippen LogP contribution < -0.4 is 10.2 Å². The van der Waals surface area contributed by atoms with Crippen molar-refractivity contribution in [2.24, 2.45) is 11.8 Å². The molecular weight excluding hydrogens is 414 g/mol. The molecule has 1 aliphatic carbocycles. The number of nitrogens with one attached hydrogen (secondary N) is 1. The van der Waals surface area contributed by atoms with Crippen molar-refractivity contribution in [2.45, 2.75) is 32.1 Å². The van der Waals surface area contributed by atoms with Gasteiger partial charge >= 0.3 is 5.97 Å². The van der Waals surface area contributed by atoms with E-state index in [0.29, 0.717) is 18.9 Å². The molecule has 2 saturated heterocycles. The summed E-state index contributed by atoms with van der Waals surface area (Å²) in [5, 5.41) is 2.69. The lowest BCUT2D eigenvalue weighted by molar-refractivity contribution is -0.148. The fourth-order valence-corrected chi connectivity index (χ4v) is 4.65. The summed E-state index contributed by atoms with van der Waals surface area (Å²) in [6.07, 6.45) is 3.29. The molecule has 1 saturated carbocycles. The molecule has 3 fully saturated rings. The number of rotatable bonds is 7. The molecule has 4 rings (SSSR count). The number of nitrogens with zero attached hydrogens (tertiary/aromatic N) is 2. The first-order valence-corrected chi connectivity index (χ1v) is 11.3. The van der Waals surface area contributed by atoms with Crippen molar-refractivity contribution >= 4 is 35.1 Å². The lowest BCUT2D eigenvalue weighted by atomic mass is 9.81. The quantitative estimate of drug-likeness (QED) is 0.504. The molecule has 0 bridgehead atoms. The van der Waals surface area contributed by atoms with Crippen molar-refractivity contribution < 1.29 is 28.7 Å². The van der Waals surface area contributed by atoms with E-state index in [1.165, 1.54) is 4.90 Å². The molecule has 2 aliphatic heterocycles. The third-order valence-corrected chi connectivity index (χ3v) is 6.36. The van der Waals surface area contributed by atoms with Crippen LogP contribution in [-0.4, -0.2) is 68.0 Å². The molecule has 0 radical (unpaired) electrons. The summed E-state index contributed by atoms with van der Waals surface area (Å²) in [4.78, 5) is 52.4. The summed E-state index contributed by atoms with van der Waals surface area (Å²) in [6.45, 7) is 2.65. The van der Waals surface area contributed by atoms with Crippen LogP contribution in [0.15, 0.2) is 24.3 Å². The topological polar surface area (TPSA) is 105 Å². The molecule has 172 valence electrons. The number of fused-ring (bicyclic) bond motifs is 1. The first-order valence-electron chi connectivity index (χ1n) is 11.3. The molecule has 3 aliphatic rings. The normalized spacial score (nSPS) is 23.1. The minimum Gasteiger partial charge on any atom is -0.456 e. The third-order valence-electron chi connectivity index (χ3n) is 6.36. The number of benzene rings is 1. The molecule has 1 N–H and O–H groups in total. The van der Waals surface area contributed by atoms with Crippen LogP contribution >= 0.6 is 0 Å². The summed E-state index contributed by atoms with van der Waals surface area (Å²) in [5.41, 5.74) is 1.67. The van der Waals surface area contributed by atoms with E-state index >= 15 is 0 Å². The minimum absolute atomic E-state index is 0.00806. The SMILES string of the molecule is O=C(COC(=O)CCN1C(=O)[C@H]2CCCC[C@@H]2C1=O)Nc1ccc(N2CCOCC2)cc1.